The molecule has 1 aromatic heterocycles. The van der Waals surface area contributed by atoms with Crippen molar-refractivity contribution in [3.63, 3.8) is 0 Å². The van der Waals surface area contributed by atoms with Gasteiger partial charge < -0.3 is 9.84 Å². The lowest BCUT2D eigenvalue weighted by atomic mass is 10.1. The van der Waals surface area contributed by atoms with Crippen LogP contribution in [-0.2, 0) is 0 Å². The lowest BCUT2D eigenvalue weighted by Gasteiger charge is -2.07. The second-order valence-electron chi connectivity index (χ2n) is 4.31. The number of nitrogens with zero attached hydrogens (tertiary/aromatic N) is 1. The molecule has 0 saturated carbocycles. The molecule has 0 radical (unpaired) electrons. The SMILES string of the molecule is N=COc1ccc2c(O)cc(-c3ccccc3)nc2c1. The minimum Gasteiger partial charge on any atom is -0.507 e. The Hall–Kier alpha value is -2.88. The summed E-state index contributed by atoms with van der Waals surface area (Å²) in [4.78, 5) is 4.53. The number of ether oxygens (including phenoxy) is 1. The first-order chi connectivity index (χ1) is 9.78. The average Bonchev–Trinajstić information content (AvgIpc) is 2.48. The molecule has 4 nitrogen and oxygen atoms in total. The van der Waals surface area contributed by atoms with E-state index in [9.17, 15) is 5.11 Å². The van der Waals surface area contributed by atoms with Crippen LogP contribution in [-0.4, -0.2) is 16.5 Å². The molecule has 2 N–H and O–H groups in total. The Labute approximate surface area is 115 Å². The third kappa shape index (κ3) is 2.19. The van der Waals surface area contributed by atoms with Crippen LogP contribution in [0.25, 0.3) is 22.2 Å². The number of aromatic nitrogens is 1. The number of fused-ring (bicyclic) bond motifs is 1. The maximum Gasteiger partial charge on any atom is 0.173 e. The number of benzene rings is 2. The van der Waals surface area contributed by atoms with E-state index >= 15 is 0 Å². The molecule has 0 saturated heterocycles. The summed E-state index contributed by atoms with van der Waals surface area (Å²) in [5.41, 5.74) is 2.26. The number of pyridine rings is 1. The summed E-state index contributed by atoms with van der Waals surface area (Å²) in [7, 11) is 0. The maximum absolute atomic E-state index is 10.1. The lowest BCUT2D eigenvalue weighted by molar-refractivity contribution is 0.481. The standard InChI is InChI=1S/C16H12N2O2/c17-10-20-12-6-7-13-15(8-12)18-14(9-16(13)19)11-4-2-1-3-5-11/h1-10,17H,(H,18,19). The quantitative estimate of drug-likeness (QED) is 0.561. The van der Waals surface area contributed by atoms with Crippen molar-refractivity contribution in [3.8, 4) is 22.8 Å². The molecule has 0 aliphatic rings. The molecule has 98 valence electrons. The summed E-state index contributed by atoms with van der Waals surface area (Å²) >= 11 is 0. The Kier molecular flexibility index (Phi) is 3.05. The molecule has 0 unspecified atom stereocenters. The van der Waals surface area contributed by atoms with E-state index in [1.165, 1.54) is 0 Å². The van der Waals surface area contributed by atoms with Crippen LogP contribution in [0.15, 0.2) is 54.6 Å². The first kappa shape index (κ1) is 12.2. The van der Waals surface area contributed by atoms with E-state index in [1.54, 1.807) is 24.3 Å². The van der Waals surface area contributed by atoms with Crippen LogP contribution in [0.3, 0.4) is 0 Å². The fourth-order valence-corrected chi connectivity index (χ4v) is 2.09. The molecule has 20 heavy (non-hydrogen) atoms. The normalized spacial score (nSPS) is 10.4. The van der Waals surface area contributed by atoms with Crippen LogP contribution >= 0.6 is 0 Å². The molecule has 0 aliphatic carbocycles. The van der Waals surface area contributed by atoms with E-state index in [1.807, 2.05) is 30.3 Å². The minimum absolute atomic E-state index is 0.176. The highest BCUT2D eigenvalue weighted by Gasteiger charge is 2.07. The summed E-state index contributed by atoms with van der Waals surface area (Å²) in [5.74, 6) is 0.694. The van der Waals surface area contributed by atoms with Gasteiger partial charge in [-0.05, 0) is 12.1 Å². The van der Waals surface area contributed by atoms with Gasteiger partial charge >= 0.3 is 0 Å². The monoisotopic (exact) mass is 264 g/mol. The fourth-order valence-electron chi connectivity index (χ4n) is 2.09. The predicted octanol–water partition coefficient (Wildman–Crippen LogP) is 3.59. The third-order valence-electron chi connectivity index (χ3n) is 3.02. The fraction of sp³-hybridized carbons (Fsp3) is 0. The number of rotatable bonds is 3. The van der Waals surface area contributed by atoms with Gasteiger partial charge in [0.2, 0.25) is 0 Å². The number of aromatic hydroxyl groups is 1. The number of hydrogen-bond acceptors (Lipinski definition) is 4. The number of nitrogens with one attached hydrogen (secondary N) is 1. The van der Waals surface area contributed by atoms with Crippen molar-refractivity contribution in [3.05, 3.63) is 54.6 Å². The van der Waals surface area contributed by atoms with Crippen molar-refractivity contribution in [1.82, 2.24) is 4.98 Å². The Balaban J connectivity index is 2.18. The van der Waals surface area contributed by atoms with E-state index in [2.05, 4.69) is 4.98 Å². The van der Waals surface area contributed by atoms with Gasteiger partial charge in [-0.15, -0.1) is 0 Å². The highest BCUT2D eigenvalue weighted by molar-refractivity contribution is 5.88. The van der Waals surface area contributed by atoms with Crippen LogP contribution in [0, 0.1) is 5.41 Å². The van der Waals surface area contributed by atoms with Gasteiger partial charge in [-0.2, -0.15) is 0 Å². The zero-order valence-corrected chi connectivity index (χ0v) is 10.6. The molecule has 1 heterocycles. The number of hydrogen-bond donors (Lipinski definition) is 2. The molecule has 0 fully saturated rings. The average molecular weight is 264 g/mol. The van der Waals surface area contributed by atoms with E-state index in [0.717, 1.165) is 12.0 Å². The zero-order chi connectivity index (χ0) is 13.9. The summed E-state index contributed by atoms with van der Waals surface area (Å²) in [6, 6.07) is 16.4. The van der Waals surface area contributed by atoms with Crippen LogP contribution in [0.5, 0.6) is 11.5 Å². The Morgan fingerprint density at radius 1 is 1.05 bits per heavy atom. The third-order valence-corrected chi connectivity index (χ3v) is 3.02. The molecule has 0 spiro atoms. The smallest absolute Gasteiger partial charge is 0.173 e. The lowest BCUT2D eigenvalue weighted by Crippen LogP contribution is -1.90. The van der Waals surface area contributed by atoms with Gasteiger partial charge in [0.1, 0.15) is 11.5 Å². The molecular formula is C16H12N2O2. The highest BCUT2D eigenvalue weighted by atomic mass is 16.5. The molecule has 4 heteroatoms. The van der Waals surface area contributed by atoms with Crippen LogP contribution in [0.1, 0.15) is 0 Å². The van der Waals surface area contributed by atoms with Crippen molar-refractivity contribution in [2.24, 2.45) is 0 Å². The first-order valence-corrected chi connectivity index (χ1v) is 6.13. The second kappa shape index (κ2) is 5.01. The molecule has 0 bridgehead atoms. The summed E-state index contributed by atoms with van der Waals surface area (Å²) in [6.45, 7) is 0. The van der Waals surface area contributed by atoms with Crippen molar-refractivity contribution >= 4 is 17.3 Å². The molecular weight excluding hydrogens is 252 g/mol. The van der Waals surface area contributed by atoms with E-state index < -0.39 is 0 Å². The topological polar surface area (TPSA) is 66.2 Å². The van der Waals surface area contributed by atoms with Crippen molar-refractivity contribution < 1.29 is 9.84 Å². The minimum atomic E-state index is 0.176. The highest BCUT2D eigenvalue weighted by Crippen LogP contribution is 2.30. The summed E-state index contributed by atoms with van der Waals surface area (Å²) in [5, 5.41) is 17.7. The largest absolute Gasteiger partial charge is 0.507 e. The zero-order valence-electron chi connectivity index (χ0n) is 10.6. The van der Waals surface area contributed by atoms with Gasteiger partial charge in [-0.25, -0.2) is 4.98 Å². The Morgan fingerprint density at radius 3 is 2.60 bits per heavy atom. The van der Waals surface area contributed by atoms with Crippen LogP contribution < -0.4 is 4.74 Å². The van der Waals surface area contributed by atoms with Crippen molar-refractivity contribution in [2.75, 3.05) is 0 Å². The van der Waals surface area contributed by atoms with E-state index in [4.69, 9.17) is 10.1 Å². The summed E-state index contributed by atoms with van der Waals surface area (Å²) in [6.07, 6.45) is 0.863. The van der Waals surface area contributed by atoms with Gasteiger partial charge in [0.15, 0.2) is 6.40 Å². The summed E-state index contributed by atoms with van der Waals surface area (Å²) < 4.78 is 5.02. The van der Waals surface area contributed by atoms with E-state index in [0.29, 0.717) is 22.3 Å². The van der Waals surface area contributed by atoms with Gasteiger partial charge in [0.05, 0.1) is 11.2 Å². The molecule has 0 amide bonds. The van der Waals surface area contributed by atoms with Gasteiger partial charge in [0.25, 0.3) is 0 Å². The molecule has 0 atom stereocenters. The Bertz CT molecular complexity index is 770. The molecule has 3 aromatic rings. The molecule has 2 aromatic carbocycles. The molecule has 0 aliphatic heterocycles. The first-order valence-electron chi connectivity index (χ1n) is 6.13. The van der Waals surface area contributed by atoms with Gasteiger partial charge in [-0.3, -0.25) is 5.41 Å². The maximum atomic E-state index is 10.1. The second-order valence-corrected chi connectivity index (χ2v) is 4.31. The van der Waals surface area contributed by atoms with Gasteiger partial charge in [-0.1, -0.05) is 30.3 Å². The van der Waals surface area contributed by atoms with Crippen molar-refractivity contribution in [1.29, 1.82) is 5.41 Å². The Morgan fingerprint density at radius 2 is 1.85 bits per heavy atom. The van der Waals surface area contributed by atoms with Crippen LogP contribution in [0.2, 0.25) is 0 Å². The van der Waals surface area contributed by atoms with Crippen LogP contribution in [0.4, 0.5) is 0 Å². The van der Waals surface area contributed by atoms with Gasteiger partial charge in [0, 0.05) is 23.1 Å². The molecule has 3 rings (SSSR count). The van der Waals surface area contributed by atoms with E-state index in [-0.39, 0.29) is 5.75 Å². The van der Waals surface area contributed by atoms with Crippen molar-refractivity contribution in [2.45, 2.75) is 0 Å². The predicted molar refractivity (Wildman–Crippen MR) is 78.3 cm³/mol.